The van der Waals surface area contributed by atoms with Crippen LogP contribution in [0.2, 0.25) is 0 Å². The van der Waals surface area contributed by atoms with Gasteiger partial charge in [0, 0.05) is 17.1 Å². The standard InChI is InChI=1S/C5H9Cl2N/c1-8(2)4-5(7)3-6/h3H,4H2,1-2H3. The van der Waals surface area contributed by atoms with E-state index in [4.69, 9.17) is 23.2 Å². The van der Waals surface area contributed by atoms with Crippen LogP contribution in [0.3, 0.4) is 0 Å². The summed E-state index contributed by atoms with van der Waals surface area (Å²) in [6.45, 7) is 0.713. The predicted molar refractivity (Wildman–Crippen MR) is 38.3 cm³/mol. The Bertz CT molecular complexity index is 88.4. The third kappa shape index (κ3) is 4.44. The summed E-state index contributed by atoms with van der Waals surface area (Å²) in [5.41, 5.74) is 1.38. The van der Waals surface area contributed by atoms with Crippen LogP contribution in [0.4, 0.5) is 0 Å². The molecule has 0 amide bonds. The molecule has 0 rings (SSSR count). The molecule has 8 heavy (non-hydrogen) atoms. The fourth-order valence-electron chi connectivity index (χ4n) is 0.337. The number of hydrogen-bond donors (Lipinski definition) is 0. The lowest BCUT2D eigenvalue weighted by Crippen LogP contribution is -2.12. The Balaban J connectivity index is 3.39. The predicted octanol–water partition coefficient (Wildman–Crippen LogP) is 1.87. The van der Waals surface area contributed by atoms with Crippen molar-refractivity contribution < 1.29 is 0 Å². The second-order valence-corrected chi connectivity index (χ2v) is 2.50. The molecule has 0 saturated carbocycles. The van der Waals surface area contributed by atoms with Gasteiger partial charge in [-0.2, -0.15) is 0 Å². The van der Waals surface area contributed by atoms with Gasteiger partial charge in [0.2, 0.25) is 0 Å². The molecule has 0 aromatic rings. The summed E-state index contributed by atoms with van der Waals surface area (Å²) in [4.78, 5) is 1.95. The molecule has 3 heteroatoms. The summed E-state index contributed by atoms with van der Waals surface area (Å²) >= 11 is 10.8. The minimum atomic E-state index is 0.664. The van der Waals surface area contributed by atoms with Gasteiger partial charge in [0.25, 0.3) is 0 Å². The molecule has 0 spiro atoms. The summed E-state index contributed by atoms with van der Waals surface area (Å²) in [6, 6.07) is 0. The van der Waals surface area contributed by atoms with Gasteiger partial charge in [-0.15, -0.1) is 0 Å². The highest BCUT2D eigenvalue weighted by atomic mass is 35.5. The van der Waals surface area contributed by atoms with Gasteiger partial charge in [0.15, 0.2) is 0 Å². The Kier molecular flexibility index (Phi) is 4.33. The van der Waals surface area contributed by atoms with E-state index in [0.717, 1.165) is 0 Å². The smallest absolute Gasteiger partial charge is 0.0433 e. The van der Waals surface area contributed by atoms with E-state index in [-0.39, 0.29) is 0 Å². The lowest BCUT2D eigenvalue weighted by Gasteiger charge is -2.05. The molecule has 0 aliphatic heterocycles. The minimum Gasteiger partial charge on any atom is -0.304 e. The van der Waals surface area contributed by atoms with Gasteiger partial charge in [-0.05, 0) is 14.1 Å². The van der Waals surface area contributed by atoms with Crippen LogP contribution in [0.5, 0.6) is 0 Å². The molecule has 0 heterocycles. The molecule has 0 atom stereocenters. The van der Waals surface area contributed by atoms with Crippen molar-refractivity contribution in [3.8, 4) is 0 Å². The van der Waals surface area contributed by atoms with Crippen molar-refractivity contribution in [2.45, 2.75) is 0 Å². The first-order chi connectivity index (χ1) is 3.66. The van der Waals surface area contributed by atoms with E-state index in [1.807, 2.05) is 19.0 Å². The van der Waals surface area contributed by atoms with Gasteiger partial charge < -0.3 is 4.90 Å². The van der Waals surface area contributed by atoms with Crippen molar-refractivity contribution in [1.82, 2.24) is 4.90 Å². The summed E-state index contributed by atoms with van der Waals surface area (Å²) < 4.78 is 0. The van der Waals surface area contributed by atoms with E-state index in [0.29, 0.717) is 11.6 Å². The third-order valence-corrected chi connectivity index (χ3v) is 1.19. The molecular weight excluding hydrogens is 145 g/mol. The monoisotopic (exact) mass is 153 g/mol. The molecule has 0 unspecified atom stereocenters. The van der Waals surface area contributed by atoms with Gasteiger partial charge in [0.05, 0.1) is 0 Å². The van der Waals surface area contributed by atoms with Gasteiger partial charge in [-0.1, -0.05) is 23.2 Å². The van der Waals surface area contributed by atoms with E-state index in [1.54, 1.807) is 0 Å². The summed E-state index contributed by atoms with van der Waals surface area (Å²) in [6.07, 6.45) is 0. The van der Waals surface area contributed by atoms with Crippen molar-refractivity contribution in [2.24, 2.45) is 0 Å². The van der Waals surface area contributed by atoms with E-state index in [2.05, 4.69) is 0 Å². The largest absolute Gasteiger partial charge is 0.304 e. The maximum Gasteiger partial charge on any atom is 0.0433 e. The van der Waals surface area contributed by atoms with Crippen molar-refractivity contribution in [2.75, 3.05) is 20.6 Å². The van der Waals surface area contributed by atoms with Crippen molar-refractivity contribution in [3.63, 3.8) is 0 Å². The highest BCUT2D eigenvalue weighted by Crippen LogP contribution is 2.02. The zero-order valence-electron chi connectivity index (χ0n) is 4.99. The SMILES string of the molecule is CN(C)CC(Cl)=CCl. The Morgan fingerprint density at radius 1 is 1.62 bits per heavy atom. The second kappa shape index (κ2) is 4.19. The van der Waals surface area contributed by atoms with Crippen LogP contribution >= 0.6 is 23.2 Å². The van der Waals surface area contributed by atoms with Crippen LogP contribution in [-0.4, -0.2) is 25.5 Å². The quantitative estimate of drug-likeness (QED) is 0.586. The third-order valence-electron chi connectivity index (χ3n) is 0.586. The van der Waals surface area contributed by atoms with E-state index in [9.17, 15) is 0 Å². The number of nitrogens with zero attached hydrogens (tertiary/aromatic N) is 1. The fourth-order valence-corrected chi connectivity index (χ4v) is 0.645. The molecule has 0 aliphatic rings. The average Bonchev–Trinajstić information content (AvgIpc) is 1.65. The van der Waals surface area contributed by atoms with Crippen LogP contribution < -0.4 is 0 Å². The van der Waals surface area contributed by atoms with E-state index < -0.39 is 0 Å². The van der Waals surface area contributed by atoms with Crippen LogP contribution in [0.1, 0.15) is 0 Å². The molecule has 0 N–H and O–H groups in total. The zero-order valence-corrected chi connectivity index (χ0v) is 6.50. The van der Waals surface area contributed by atoms with Gasteiger partial charge >= 0.3 is 0 Å². The Morgan fingerprint density at radius 3 is 2.25 bits per heavy atom. The fraction of sp³-hybridized carbons (Fsp3) is 0.600. The van der Waals surface area contributed by atoms with Crippen molar-refractivity contribution in [1.29, 1.82) is 0 Å². The number of likely N-dealkylation sites (N-methyl/N-ethyl adjacent to an activating group) is 1. The lowest BCUT2D eigenvalue weighted by atomic mass is 10.6. The molecule has 0 aromatic heterocycles. The maximum absolute atomic E-state index is 5.55. The van der Waals surface area contributed by atoms with Gasteiger partial charge in [0.1, 0.15) is 0 Å². The normalized spacial score (nSPS) is 12.9. The van der Waals surface area contributed by atoms with Crippen LogP contribution in [0.25, 0.3) is 0 Å². The first-order valence-corrected chi connectivity index (χ1v) is 3.07. The first-order valence-electron chi connectivity index (χ1n) is 2.26. The molecule has 0 aromatic carbocycles. The molecular formula is C5H9Cl2N. The number of halogens is 2. The average molecular weight is 154 g/mol. The summed E-state index contributed by atoms with van der Waals surface area (Å²) in [7, 11) is 3.87. The molecule has 0 fully saturated rings. The zero-order chi connectivity index (χ0) is 6.57. The molecule has 0 saturated heterocycles. The van der Waals surface area contributed by atoms with Crippen molar-refractivity contribution in [3.05, 3.63) is 10.6 Å². The Morgan fingerprint density at radius 2 is 2.12 bits per heavy atom. The Labute approximate surface area is 59.9 Å². The van der Waals surface area contributed by atoms with Gasteiger partial charge in [-0.3, -0.25) is 0 Å². The van der Waals surface area contributed by atoms with E-state index >= 15 is 0 Å². The van der Waals surface area contributed by atoms with Crippen LogP contribution in [0, 0.1) is 0 Å². The molecule has 0 radical (unpaired) electrons. The van der Waals surface area contributed by atoms with Crippen LogP contribution in [0.15, 0.2) is 10.6 Å². The minimum absolute atomic E-state index is 0.664. The van der Waals surface area contributed by atoms with Gasteiger partial charge in [-0.25, -0.2) is 0 Å². The molecule has 0 bridgehead atoms. The van der Waals surface area contributed by atoms with Crippen molar-refractivity contribution >= 4 is 23.2 Å². The second-order valence-electron chi connectivity index (χ2n) is 1.79. The van der Waals surface area contributed by atoms with Crippen LogP contribution in [-0.2, 0) is 0 Å². The first kappa shape index (κ1) is 8.28. The summed E-state index contributed by atoms with van der Waals surface area (Å²) in [5.74, 6) is 0. The highest BCUT2D eigenvalue weighted by Gasteiger charge is 1.91. The Hall–Kier alpha value is 0.280. The highest BCUT2D eigenvalue weighted by molar-refractivity contribution is 6.36. The number of hydrogen-bond acceptors (Lipinski definition) is 1. The topological polar surface area (TPSA) is 3.24 Å². The lowest BCUT2D eigenvalue weighted by molar-refractivity contribution is 0.453. The molecule has 48 valence electrons. The van der Waals surface area contributed by atoms with E-state index in [1.165, 1.54) is 5.54 Å². The molecule has 0 aliphatic carbocycles. The molecule has 1 nitrogen and oxygen atoms in total. The number of rotatable bonds is 2. The maximum atomic E-state index is 5.55. The summed E-state index contributed by atoms with van der Waals surface area (Å²) in [5, 5.41) is 0.664.